The summed E-state index contributed by atoms with van der Waals surface area (Å²) >= 11 is 11.8. The zero-order chi connectivity index (χ0) is 19.5. The zero-order valence-electron chi connectivity index (χ0n) is 14.5. The molecule has 2 aromatic carbocycles. The fraction of sp³-hybridized carbons (Fsp3) is 0.235. The van der Waals surface area contributed by atoms with Crippen molar-refractivity contribution in [1.82, 2.24) is 4.31 Å². The van der Waals surface area contributed by atoms with Crippen LogP contribution in [-0.2, 0) is 14.8 Å². The van der Waals surface area contributed by atoms with Crippen LogP contribution < -0.4 is 10.6 Å². The summed E-state index contributed by atoms with van der Waals surface area (Å²) in [7, 11) is -0.671. The van der Waals surface area contributed by atoms with Crippen molar-refractivity contribution in [1.29, 1.82) is 0 Å². The first kappa shape index (κ1) is 20.5. The van der Waals surface area contributed by atoms with Crippen molar-refractivity contribution in [3.63, 3.8) is 0 Å². The molecular weight excluding hydrogens is 397 g/mol. The number of carbonyl (C=O) groups excluding carboxylic acids is 1. The number of halogens is 2. The summed E-state index contributed by atoms with van der Waals surface area (Å²) < 4.78 is 25.6. The quantitative estimate of drug-likeness (QED) is 0.754. The number of hydrogen-bond acceptors (Lipinski definition) is 4. The smallest absolute Gasteiger partial charge is 0.243 e. The maximum Gasteiger partial charge on any atom is 0.243 e. The van der Waals surface area contributed by atoms with E-state index in [1.807, 2.05) is 0 Å². The Bertz CT molecular complexity index is 931. The van der Waals surface area contributed by atoms with Gasteiger partial charge in [-0.05, 0) is 42.8 Å². The van der Waals surface area contributed by atoms with E-state index in [-0.39, 0.29) is 17.3 Å². The van der Waals surface area contributed by atoms with Crippen LogP contribution >= 0.6 is 23.2 Å². The van der Waals surface area contributed by atoms with Gasteiger partial charge in [0.25, 0.3) is 0 Å². The lowest BCUT2D eigenvalue weighted by Gasteiger charge is -2.15. The molecule has 1 amide bonds. The first-order chi connectivity index (χ1) is 12.1. The molecule has 0 radical (unpaired) electrons. The average Bonchev–Trinajstić information content (AvgIpc) is 2.57. The highest BCUT2D eigenvalue weighted by Crippen LogP contribution is 2.25. The third-order valence-electron chi connectivity index (χ3n) is 3.63. The topological polar surface area (TPSA) is 78.5 Å². The standard InChI is InChI=1S/C17H19Cl2N3O3S/c1-11-4-6-13(26(24,25)22(2)3)9-16(11)21-17(23)10-20-12-5-7-14(18)15(19)8-12/h4-9,20H,10H2,1-3H3,(H,21,23). The summed E-state index contributed by atoms with van der Waals surface area (Å²) in [5.41, 5.74) is 1.84. The Morgan fingerprint density at radius 3 is 2.38 bits per heavy atom. The van der Waals surface area contributed by atoms with Crippen LogP contribution in [0.25, 0.3) is 0 Å². The van der Waals surface area contributed by atoms with Crippen LogP contribution in [0.2, 0.25) is 10.0 Å². The third-order valence-corrected chi connectivity index (χ3v) is 6.18. The minimum absolute atomic E-state index is 0.0118. The van der Waals surface area contributed by atoms with Gasteiger partial charge in [-0.25, -0.2) is 12.7 Å². The van der Waals surface area contributed by atoms with E-state index in [1.165, 1.54) is 26.2 Å². The maximum absolute atomic E-state index is 12.2. The number of aryl methyl sites for hydroxylation is 1. The molecule has 0 saturated heterocycles. The van der Waals surface area contributed by atoms with Crippen molar-refractivity contribution in [3.8, 4) is 0 Å². The maximum atomic E-state index is 12.2. The summed E-state index contributed by atoms with van der Waals surface area (Å²) in [6.45, 7) is 1.77. The summed E-state index contributed by atoms with van der Waals surface area (Å²) in [6.07, 6.45) is 0. The van der Waals surface area contributed by atoms with Crippen molar-refractivity contribution in [3.05, 3.63) is 52.0 Å². The second-order valence-electron chi connectivity index (χ2n) is 5.79. The molecule has 0 fully saturated rings. The lowest BCUT2D eigenvalue weighted by molar-refractivity contribution is -0.114. The molecule has 0 atom stereocenters. The number of anilines is 2. The van der Waals surface area contributed by atoms with Gasteiger partial charge in [-0.15, -0.1) is 0 Å². The van der Waals surface area contributed by atoms with E-state index in [1.54, 1.807) is 31.2 Å². The van der Waals surface area contributed by atoms with Gasteiger partial charge in [0, 0.05) is 25.5 Å². The normalized spacial score (nSPS) is 11.5. The molecule has 26 heavy (non-hydrogen) atoms. The predicted octanol–water partition coefficient (Wildman–Crippen LogP) is 3.60. The molecule has 6 nitrogen and oxygen atoms in total. The van der Waals surface area contributed by atoms with Gasteiger partial charge < -0.3 is 10.6 Å². The number of carbonyl (C=O) groups is 1. The largest absolute Gasteiger partial charge is 0.376 e. The van der Waals surface area contributed by atoms with Gasteiger partial charge in [0.05, 0.1) is 21.5 Å². The second-order valence-corrected chi connectivity index (χ2v) is 8.76. The minimum atomic E-state index is -3.58. The van der Waals surface area contributed by atoms with Gasteiger partial charge in [-0.2, -0.15) is 0 Å². The van der Waals surface area contributed by atoms with Crippen LogP contribution in [0.15, 0.2) is 41.3 Å². The monoisotopic (exact) mass is 415 g/mol. The molecule has 0 spiro atoms. The van der Waals surface area contributed by atoms with Gasteiger partial charge in [-0.3, -0.25) is 4.79 Å². The van der Waals surface area contributed by atoms with Crippen LogP contribution in [0, 0.1) is 6.92 Å². The number of nitrogens with zero attached hydrogens (tertiary/aromatic N) is 1. The van der Waals surface area contributed by atoms with E-state index >= 15 is 0 Å². The van der Waals surface area contributed by atoms with Crippen LogP contribution in [0.1, 0.15) is 5.56 Å². The zero-order valence-corrected chi connectivity index (χ0v) is 16.8. The average molecular weight is 416 g/mol. The molecule has 0 aliphatic rings. The lowest BCUT2D eigenvalue weighted by atomic mass is 10.2. The van der Waals surface area contributed by atoms with Crippen molar-refractivity contribution in [2.45, 2.75) is 11.8 Å². The molecule has 2 aromatic rings. The molecule has 0 bridgehead atoms. The van der Waals surface area contributed by atoms with Gasteiger partial charge in [0.2, 0.25) is 15.9 Å². The summed E-state index contributed by atoms with van der Waals surface area (Å²) in [5.74, 6) is -0.321. The van der Waals surface area contributed by atoms with Crippen molar-refractivity contribution >= 4 is 50.5 Å². The second kappa shape index (κ2) is 8.26. The van der Waals surface area contributed by atoms with Gasteiger partial charge >= 0.3 is 0 Å². The highest BCUT2D eigenvalue weighted by Gasteiger charge is 2.18. The lowest BCUT2D eigenvalue weighted by Crippen LogP contribution is -2.24. The van der Waals surface area contributed by atoms with Gasteiger partial charge in [0.15, 0.2) is 0 Å². The Labute approximate surface area is 163 Å². The molecule has 2 rings (SSSR count). The van der Waals surface area contributed by atoms with E-state index in [0.717, 1.165) is 9.87 Å². The SMILES string of the molecule is Cc1ccc(S(=O)(=O)N(C)C)cc1NC(=O)CNc1ccc(Cl)c(Cl)c1. The van der Waals surface area contributed by atoms with E-state index in [9.17, 15) is 13.2 Å². The first-order valence-electron chi connectivity index (χ1n) is 7.63. The molecule has 140 valence electrons. The van der Waals surface area contributed by atoms with Gasteiger partial charge in [0.1, 0.15) is 0 Å². The van der Waals surface area contributed by atoms with Crippen LogP contribution in [0.5, 0.6) is 0 Å². The van der Waals surface area contributed by atoms with Crippen LogP contribution in [-0.4, -0.2) is 39.3 Å². The molecule has 2 N–H and O–H groups in total. The minimum Gasteiger partial charge on any atom is -0.376 e. The highest BCUT2D eigenvalue weighted by atomic mass is 35.5. The van der Waals surface area contributed by atoms with Crippen LogP contribution in [0.4, 0.5) is 11.4 Å². The van der Waals surface area contributed by atoms with E-state index < -0.39 is 10.0 Å². The third kappa shape index (κ3) is 4.88. The fourth-order valence-electron chi connectivity index (χ4n) is 2.09. The van der Waals surface area contributed by atoms with Crippen molar-refractivity contribution < 1.29 is 13.2 Å². The Morgan fingerprint density at radius 1 is 1.08 bits per heavy atom. The van der Waals surface area contributed by atoms with E-state index in [0.29, 0.717) is 21.4 Å². The van der Waals surface area contributed by atoms with E-state index in [4.69, 9.17) is 23.2 Å². The van der Waals surface area contributed by atoms with Crippen LogP contribution in [0.3, 0.4) is 0 Å². The van der Waals surface area contributed by atoms with Gasteiger partial charge in [-0.1, -0.05) is 29.3 Å². The summed E-state index contributed by atoms with van der Waals surface area (Å²) in [6, 6.07) is 9.56. The van der Waals surface area contributed by atoms with E-state index in [2.05, 4.69) is 10.6 Å². The number of rotatable bonds is 6. The molecule has 0 saturated carbocycles. The molecule has 0 aliphatic carbocycles. The Morgan fingerprint density at radius 2 is 1.77 bits per heavy atom. The number of sulfonamides is 1. The Hall–Kier alpha value is -1.80. The van der Waals surface area contributed by atoms with Crippen molar-refractivity contribution in [2.75, 3.05) is 31.3 Å². The molecule has 0 unspecified atom stereocenters. The molecule has 0 heterocycles. The highest BCUT2D eigenvalue weighted by molar-refractivity contribution is 7.89. The fourth-order valence-corrected chi connectivity index (χ4v) is 3.32. The molecule has 0 aliphatic heterocycles. The predicted molar refractivity (Wildman–Crippen MR) is 106 cm³/mol. The molecule has 9 heteroatoms. The number of hydrogen-bond donors (Lipinski definition) is 2. The Kier molecular flexibility index (Phi) is 6.52. The molecule has 0 aromatic heterocycles. The van der Waals surface area contributed by atoms with Crippen molar-refractivity contribution in [2.24, 2.45) is 0 Å². The summed E-state index contributed by atoms with van der Waals surface area (Å²) in [4.78, 5) is 12.3. The number of nitrogens with one attached hydrogen (secondary N) is 2. The number of benzene rings is 2. The summed E-state index contributed by atoms with van der Waals surface area (Å²) in [5, 5.41) is 6.46. The Balaban J connectivity index is 2.10. The first-order valence-corrected chi connectivity index (χ1v) is 9.83. The molecular formula is C17H19Cl2N3O3S. The number of amides is 1.